The Bertz CT molecular complexity index is 2250. The van der Waals surface area contributed by atoms with Gasteiger partial charge in [0.15, 0.2) is 0 Å². The number of aryl methyl sites for hydroxylation is 2. The van der Waals surface area contributed by atoms with Crippen molar-refractivity contribution in [1.82, 2.24) is 19.1 Å². The van der Waals surface area contributed by atoms with Crippen LogP contribution in [0.2, 0.25) is 0 Å². The molecule has 0 amide bonds. The summed E-state index contributed by atoms with van der Waals surface area (Å²) in [4.78, 5) is 88.7. The van der Waals surface area contributed by atoms with Crippen LogP contribution in [0.25, 0.3) is 22.1 Å². The smallest absolute Gasteiger partial charge is 0.324 e. The predicted octanol–water partition coefficient (Wildman–Crippen LogP) is 2.66. The fraction of sp³-hybridized carbons (Fsp3) is 0.333. The van der Waals surface area contributed by atoms with Crippen LogP contribution in [0.15, 0.2) is 43.4 Å². The molecule has 22 heteroatoms. The summed E-state index contributed by atoms with van der Waals surface area (Å²) < 4.78 is 102. The zero-order chi connectivity index (χ0) is 34.3. The number of aromatic nitrogens is 4. The highest BCUT2D eigenvalue weighted by Crippen LogP contribution is 2.57. The highest BCUT2D eigenvalue weighted by Gasteiger charge is 2.40. The third-order valence-electron chi connectivity index (χ3n) is 7.59. The van der Waals surface area contributed by atoms with Gasteiger partial charge >= 0.3 is 49.8 Å². The number of aromatic amines is 2. The number of rotatable bonds is 2. The number of halogens is 6. The van der Waals surface area contributed by atoms with Crippen LogP contribution in [0.5, 0.6) is 0 Å². The summed E-state index contributed by atoms with van der Waals surface area (Å²) in [6, 6.07) is 2.75. The summed E-state index contributed by atoms with van der Waals surface area (Å²) in [6.45, 7) is -0.159. The maximum atomic E-state index is 13.0. The highest BCUT2D eigenvalue weighted by atomic mass is 31.2. The average molecular weight is 700 g/mol. The van der Waals surface area contributed by atoms with Gasteiger partial charge < -0.3 is 34.1 Å². The number of nitrogens with zero attached hydrogens (tertiary/aromatic N) is 2. The van der Waals surface area contributed by atoms with Crippen LogP contribution in [-0.4, -0.2) is 38.7 Å². The monoisotopic (exact) mass is 700 g/mol. The number of hydrogen-bond donors (Lipinski definition) is 6. The van der Waals surface area contributed by atoms with E-state index in [2.05, 4.69) is 9.97 Å². The van der Waals surface area contributed by atoms with Crippen molar-refractivity contribution in [3.8, 4) is 0 Å². The fourth-order valence-electron chi connectivity index (χ4n) is 5.67. The molecule has 2 atom stereocenters. The van der Waals surface area contributed by atoms with Gasteiger partial charge in [-0.2, -0.15) is 26.3 Å². The molecule has 2 unspecified atom stereocenters. The molecule has 46 heavy (non-hydrogen) atoms. The van der Waals surface area contributed by atoms with Gasteiger partial charge in [-0.05, 0) is 54.7 Å². The maximum Gasteiger partial charge on any atom is 0.416 e. The van der Waals surface area contributed by atoms with E-state index in [1.54, 1.807) is 0 Å². The van der Waals surface area contributed by atoms with Crippen molar-refractivity contribution in [2.75, 3.05) is 0 Å². The predicted molar refractivity (Wildman–Crippen MR) is 146 cm³/mol. The lowest BCUT2D eigenvalue weighted by Gasteiger charge is -2.28. The molecule has 6 N–H and O–H groups in total. The van der Waals surface area contributed by atoms with Crippen molar-refractivity contribution in [3.05, 3.63) is 87.9 Å². The third-order valence-corrected chi connectivity index (χ3v) is 10.2. The molecule has 4 aromatic rings. The van der Waals surface area contributed by atoms with E-state index in [4.69, 9.17) is 0 Å². The second-order valence-corrected chi connectivity index (χ2v) is 14.1. The molecule has 2 aromatic carbocycles. The third kappa shape index (κ3) is 5.91. The summed E-state index contributed by atoms with van der Waals surface area (Å²) in [6.07, 6.45) is -9.95. The molecule has 14 nitrogen and oxygen atoms in total. The van der Waals surface area contributed by atoms with Crippen LogP contribution in [0.1, 0.15) is 46.5 Å². The molecule has 0 fully saturated rings. The van der Waals surface area contributed by atoms with Crippen LogP contribution < -0.4 is 22.2 Å². The molecule has 0 saturated carbocycles. The van der Waals surface area contributed by atoms with E-state index in [9.17, 15) is 74.2 Å². The van der Waals surface area contributed by atoms with Crippen molar-refractivity contribution < 1.29 is 55.0 Å². The van der Waals surface area contributed by atoms with Crippen molar-refractivity contribution in [1.29, 1.82) is 0 Å². The molecule has 248 valence electrons. The summed E-state index contributed by atoms with van der Waals surface area (Å²) in [5.74, 6) is -1.57. The Morgan fingerprint density at radius 1 is 0.717 bits per heavy atom. The van der Waals surface area contributed by atoms with Gasteiger partial charge in [0.1, 0.15) is 5.78 Å². The summed E-state index contributed by atoms with van der Waals surface area (Å²) in [7, 11) is -9.49. The zero-order valence-corrected chi connectivity index (χ0v) is 24.4. The van der Waals surface area contributed by atoms with Crippen molar-refractivity contribution in [2.45, 2.75) is 49.6 Å². The summed E-state index contributed by atoms with van der Waals surface area (Å²) >= 11 is 0. The Hall–Kier alpha value is -3.80. The van der Waals surface area contributed by atoms with Crippen LogP contribution in [0.3, 0.4) is 0 Å². The maximum absolute atomic E-state index is 13.0. The lowest BCUT2D eigenvalue weighted by atomic mass is 9.99. The molecule has 6 rings (SSSR count). The largest absolute Gasteiger partial charge is 0.416 e. The van der Waals surface area contributed by atoms with Gasteiger partial charge in [0.2, 0.25) is 0 Å². The molecule has 0 saturated heterocycles. The molecule has 0 aliphatic carbocycles. The van der Waals surface area contributed by atoms with Gasteiger partial charge in [-0.15, -0.1) is 0 Å². The van der Waals surface area contributed by atoms with Gasteiger partial charge in [0.05, 0.1) is 38.9 Å². The Morgan fingerprint density at radius 3 is 1.76 bits per heavy atom. The highest BCUT2D eigenvalue weighted by molar-refractivity contribution is 7.52. The van der Waals surface area contributed by atoms with Gasteiger partial charge in [0, 0.05) is 6.54 Å². The Balaban J connectivity index is 0.000000181. The molecule has 0 spiro atoms. The second-order valence-electron chi connectivity index (χ2n) is 10.5. The van der Waals surface area contributed by atoms with Crippen LogP contribution >= 0.6 is 15.2 Å². The Morgan fingerprint density at radius 2 is 1.24 bits per heavy atom. The van der Waals surface area contributed by atoms with E-state index in [0.717, 1.165) is 10.6 Å². The van der Waals surface area contributed by atoms with E-state index in [1.165, 1.54) is 0 Å². The standard InChI is InChI=1S/2C12H10F3N2O5P/c13-12(14,15)5-3-6-8(23(20,21)22)1-2-17-9(6)7(4-5)16-10(18)11(17)19;13-12(14,15)6-3-5-1-2-8(23(20,21)22)17-9(5)7(4-6)16-10(18)11(17)19/h2*3-4,8H,1-2H2,(H,16,18)(H2,20,21,22). The normalized spacial score (nSPS) is 18.4. The minimum absolute atomic E-state index is 0.0539. The van der Waals surface area contributed by atoms with Crippen LogP contribution in [0, 0.1) is 0 Å². The first-order valence-electron chi connectivity index (χ1n) is 12.9. The van der Waals surface area contributed by atoms with Gasteiger partial charge in [-0.3, -0.25) is 32.9 Å². The molecule has 2 aromatic heterocycles. The molecule has 0 bridgehead atoms. The molecule has 4 heterocycles. The van der Waals surface area contributed by atoms with Gasteiger partial charge in [-0.1, -0.05) is 0 Å². The topological polar surface area (TPSA) is 225 Å². The van der Waals surface area contributed by atoms with E-state index in [1.807, 2.05) is 0 Å². The van der Waals surface area contributed by atoms with E-state index >= 15 is 0 Å². The SMILES string of the molecule is O=c1[nH]c2cc(C(F)(F)F)cc3c2n(c1=O)C(P(=O)(O)O)CC3.O=c1[nH]c2cc(C(F)(F)F)cc3c2n(c1=O)CCC3P(=O)(O)O. The summed E-state index contributed by atoms with van der Waals surface area (Å²) in [5.41, 5.74) is -9.01. The lowest BCUT2D eigenvalue weighted by molar-refractivity contribution is -0.138. The minimum Gasteiger partial charge on any atom is -0.324 e. The number of H-pyrrole nitrogens is 2. The number of hydrogen-bond acceptors (Lipinski definition) is 6. The molecule has 0 radical (unpaired) electrons. The zero-order valence-electron chi connectivity index (χ0n) is 22.6. The van der Waals surface area contributed by atoms with E-state index in [0.29, 0.717) is 22.8 Å². The number of benzene rings is 2. The van der Waals surface area contributed by atoms with E-state index in [-0.39, 0.29) is 59.0 Å². The van der Waals surface area contributed by atoms with Gasteiger partial charge in [-0.25, -0.2) is 0 Å². The summed E-state index contributed by atoms with van der Waals surface area (Å²) in [5, 5.41) is 0. The fourth-order valence-corrected chi connectivity index (χ4v) is 7.67. The lowest BCUT2D eigenvalue weighted by Crippen LogP contribution is -2.40. The van der Waals surface area contributed by atoms with Crippen LogP contribution in [0.4, 0.5) is 26.3 Å². The molecular weight excluding hydrogens is 680 g/mol. The molecular formula is C24H20F6N4O10P2. The Labute approximate surface area is 249 Å². The van der Waals surface area contributed by atoms with Crippen molar-refractivity contribution in [3.63, 3.8) is 0 Å². The van der Waals surface area contributed by atoms with Gasteiger partial charge in [0.25, 0.3) is 0 Å². The molecule has 2 aliphatic heterocycles. The second kappa shape index (κ2) is 10.9. The van der Waals surface area contributed by atoms with Crippen molar-refractivity contribution in [2.24, 2.45) is 0 Å². The first-order chi connectivity index (χ1) is 21.0. The Kier molecular flexibility index (Phi) is 7.94. The first kappa shape index (κ1) is 33.6. The first-order valence-corrected chi connectivity index (χ1v) is 16.2. The quantitative estimate of drug-likeness (QED) is 0.102. The van der Waals surface area contributed by atoms with Crippen molar-refractivity contribution >= 4 is 37.3 Å². The average Bonchev–Trinajstić information content (AvgIpc) is 2.92. The molecule has 2 aliphatic rings. The minimum atomic E-state index is -4.76. The number of alkyl halides is 6. The number of nitrogens with one attached hydrogen (secondary N) is 2. The van der Waals surface area contributed by atoms with Crippen LogP contribution in [-0.2, 0) is 34.4 Å². The van der Waals surface area contributed by atoms with E-state index < -0.39 is 72.4 Å².